The normalized spacial score (nSPS) is 28.9. The van der Waals surface area contributed by atoms with Crippen molar-refractivity contribution in [2.24, 2.45) is 0 Å². The third kappa shape index (κ3) is 6.15. The molecule has 13 heavy (non-hydrogen) atoms. The Hall–Kier alpha value is -1.04. The topological polar surface area (TPSA) is 0 Å². The van der Waals surface area contributed by atoms with E-state index in [-0.39, 0.29) is 0 Å². The minimum absolute atomic E-state index is 1.03. The van der Waals surface area contributed by atoms with E-state index in [1.54, 1.807) is 0 Å². The van der Waals surface area contributed by atoms with Crippen LogP contribution in [0.3, 0.4) is 0 Å². The van der Waals surface area contributed by atoms with Gasteiger partial charge in [0, 0.05) is 0 Å². The molecule has 0 aromatic rings. The van der Waals surface area contributed by atoms with Crippen LogP contribution in [0.1, 0.15) is 32.1 Å². The molecule has 69 valence electrons. The second kappa shape index (κ2) is 7.60. The molecule has 0 saturated heterocycles. The summed E-state index contributed by atoms with van der Waals surface area (Å²) in [4.78, 5) is 0. The Bertz CT molecular complexity index is 216. The van der Waals surface area contributed by atoms with Crippen LogP contribution in [0.5, 0.6) is 0 Å². The monoisotopic (exact) mass is 173 g/mol. The van der Waals surface area contributed by atoms with E-state index in [4.69, 9.17) is 0 Å². The summed E-state index contributed by atoms with van der Waals surface area (Å²) >= 11 is 0. The summed E-state index contributed by atoms with van der Waals surface area (Å²) in [6.45, 7) is 0. The summed E-state index contributed by atoms with van der Waals surface area (Å²) in [7, 11) is 0. The number of rotatable bonds is 0. The van der Waals surface area contributed by atoms with Gasteiger partial charge < -0.3 is 0 Å². The molecule has 0 aliphatic heterocycles. The lowest BCUT2D eigenvalue weighted by atomic mass is 10.2. The molecule has 0 heteroatoms. The van der Waals surface area contributed by atoms with E-state index in [0.717, 1.165) is 19.3 Å². The second-order valence-corrected chi connectivity index (χ2v) is 3.11. The minimum Gasteiger partial charge on any atom is -0.0882 e. The first-order chi connectivity index (χ1) is 6.50. The van der Waals surface area contributed by atoms with Gasteiger partial charge in [0.2, 0.25) is 0 Å². The van der Waals surface area contributed by atoms with Crippen LogP contribution >= 0.6 is 0 Å². The van der Waals surface area contributed by atoms with Gasteiger partial charge in [-0.25, -0.2) is 0 Å². The average Bonchev–Trinajstić information content (AvgIpc) is 2.18. The lowest BCUT2D eigenvalue weighted by Gasteiger charge is -1.88. The van der Waals surface area contributed by atoms with Crippen molar-refractivity contribution in [1.29, 1.82) is 0 Å². The standard InChI is InChI=1S/C13H17/c1-2-4-6-8-10-12-13-11-9-7-5-3-1/h1-3,6,8,12-13H,4,7,9-11H2/b2-1-,5-3?,8-6-,13-12+. The van der Waals surface area contributed by atoms with Crippen molar-refractivity contribution in [2.45, 2.75) is 32.1 Å². The molecule has 1 rings (SSSR count). The maximum Gasteiger partial charge on any atom is -0.0166 e. The van der Waals surface area contributed by atoms with Crippen molar-refractivity contribution < 1.29 is 0 Å². The van der Waals surface area contributed by atoms with Gasteiger partial charge in [-0.3, -0.25) is 0 Å². The third-order valence-corrected chi connectivity index (χ3v) is 1.92. The molecule has 1 radical (unpaired) electrons. The molecule has 0 N–H and O–H groups in total. The minimum atomic E-state index is 1.03. The molecule has 0 fully saturated rings. The van der Waals surface area contributed by atoms with Gasteiger partial charge in [-0.2, -0.15) is 0 Å². The molecule has 0 aromatic carbocycles. The summed E-state index contributed by atoms with van der Waals surface area (Å²) in [5.74, 6) is 0. The maximum atomic E-state index is 3.25. The highest BCUT2D eigenvalue weighted by Crippen LogP contribution is 2.00. The molecule has 1 aliphatic carbocycles. The molecule has 0 nitrogen and oxygen atoms in total. The molecule has 0 saturated carbocycles. The van der Waals surface area contributed by atoms with Gasteiger partial charge in [0.05, 0.1) is 0 Å². The highest BCUT2D eigenvalue weighted by Gasteiger charge is 1.81. The molecule has 0 heterocycles. The molecule has 0 unspecified atom stereocenters. The molecular formula is C13H17. The molecule has 0 atom stereocenters. The summed E-state index contributed by atoms with van der Waals surface area (Å²) in [6, 6.07) is 0. The summed E-state index contributed by atoms with van der Waals surface area (Å²) in [5.41, 5.74) is 0. The van der Waals surface area contributed by atoms with E-state index in [0.29, 0.717) is 0 Å². The fourth-order valence-corrected chi connectivity index (χ4v) is 1.18. The van der Waals surface area contributed by atoms with Gasteiger partial charge in [0.25, 0.3) is 0 Å². The Morgan fingerprint density at radius 1 is 0.846 bits per heavy atom. The average molecular weight is 173 g/mol. The molecule has 0 amide bonds. The van der Waals surface area contributed by atoms with Crippen molar-refractivity contribution in [2.75, 3.05) is 0 Å². The van der Waals surface area contributed by atoms with Gasteiger partial charge >= 0.3 is 0 Å². The van der Waals surface area contributed by atoms with Crippen molar-refractivity contribution >= 4 is 0 Å². The predicted molar refractivity (Wildman–Crippen MR) is 58.3 cm³/mol. The van der Waals surface area contributed by atoms with E-state index in [1.807, 2.05) is 6.08 Å². The Morgan fingerprint density at radius 3 is 2.54 bits per heavy atom. The Kier molecular flexibility index (Phi) is 5.87. The number of hydrogen-bond donors (Lipinski definition) is 0. The van der Waals surface area contributed by atoms with Gasteiger partial charge in [0.15, 0.2) is 0 Å². The van der Waals surface area contributed by atoms with Gasteiger partial charge in [-0.15, -0.1) is 0 Å². The summed E-state index contributed by atoms with van der Waals surface area (Å²) in [5, 5.41) is 0. The second-order valence-electron chi connectivity index (χ2n) is 3.11. The third-order valence-electron chi connectivity index (χ3n) is 1.92. The largest absolute Gasteiger partial charge is 0.0882 e. The fourth-order valence-electron chi connectivity index (χ4n) is 1.18. The van der Waals surface area contributed by atoms with Gasteiger partial charge in [0.1, 0.15) is 0 Å². The van der Waals surface area contributed by atoms with Crippen molar-refractivity contribution in [3.63, 3.8) is 0 Å². The van der Waals surface area contributed by atoms with E-state index in [2.05, 4.69) is 42.5 Å². The van der Waals surface area contributed by atoms with Crippen LogP contribution in [0.15, 0.2) is 42.5 Å². The van der Waals surface area contributed by atoms with Crippen LogP contribution < -0.4 is 0 Å². The first-order valence-corrected chi connectivity index (χ1v) is 5.02. The Morgan fingerprint density at radius 2 is 1.62 bits per heavy atom. The molecule has 0 bridgehead atoms. The van der Waals surface area contributed by atoms with Crippen LogP contribution in [0, 0.1) is 6.08 Å². The molecule has 0 aromatic heterocycles. The highest BCUT2D eigenvalue weighted by molar-refractivity contribution is 5.03. The van der Waals surface area contributed by atoms with Crippen molar-refractivity contribution in [3.05, 3.63) is 48.6 Å². The summed E-state index contributed by atoms with van der Waals surface area (Å²) in [6.07, 6.45) is 24.0. The maximum absolute atomic E-state index is 3.25. The quantitative estimate of drug-likeness (QED) is 0.486. The molecule has 0 spiro atoms. The van der Waals surface area contributed by atoms with Gasteiger partial charge in [-0.1, -0.05) is 42.5 Å². The molecular weight excluding hydrogens is 156 g/mol. The predicted octanol–water partition coefficient (Wildman–Crippen LogP) is 3.98. The van der Waals surface area contributed by atoms with Gasteiger partial charge in [-0.05, 0) is 38.2 Å². The van der Waals surface area contributed by atoms with Crippen LogP contribution in [0.4, 0.5) is 0 Å². The van der Waals surface area contributed by atoms with Crippen LogP contribution in [0.2, 0.25) is 0 Å². The van der Waals surface area contributed by atoms with E-state index >= 15 is 0 Å². The zero-order chi connectivity index (χ0) is 9.19. The first kappa shape index (κ1) is 10.0. The summed E-state index contributed by atoms with van der Waals surface area (Å²) < 4.78 is 0. The number of hydrogen-bond acceptors (Lipinski definition) is 0. The Labute approximate surface area is 81.4 Å². The van der Waals surface area contributed by atoms with Crippen LogP contribution in [-0.4, -0.2) is 0 Å². The highest BCUT2D eigenvalue weighted by atomic mass is 13.9. The van der Waals surface area contributed by atoms with E-state index in [9.17, 15) is 0 Å². The zero-order valence-electron chi connectivity index (χ0n) is 8.08. The number of allylic oxidation sites excluding steroid dienone is 8. The Balaban J connectivity index is 2.38. The SMILES string of the molecule is [C]1=C/C=C\C/C=C\C/C=C/CCC/1. The van der Waals surface area contributed by atoms with Crippen LogP contribution in [0.25, 0.3) is 0 Å². The van der Waals surface area contributed by atoms with E-state index < -0.39 is 0 Å². The van der Waals surface area contributed by atoms with Crippen LogP contribution in [-0.2, 0) is 0 Å². The molecule has 1 aliphatic rings. The van der Waals surface area contributed by atoms with Crippen molar-refractivity contribution in [1.82, 2.24) is 0 Å². The zero-order valence-corrected chi connectivity index (χ0v) is 8.08. The smallest absolute Gasteiger partial charge is 0.0166 e. The first-order valence-electron chi connectivity index (χ1n) is 5.02. The van der Waals surface area contributed by atoms with Crippen molar-refractivity contribution in [3.8, 4) is 0 Å². The fraction of sp³-hybridized carbons (Fsp3) is 0.385. The lowest BCUT2D eigenvalue weighted by molar-refractivity contribution is 0.853. The lowest BCUT2D eigenvalue weighted by Crippen LogP contribution is -1.69. The van der Waals surface area contributed by atoms with E-state index in [1.165, 1.54) is 12.8 Å².